The summed E-state index contributed by atoms with van der Waals surface area (Å²) in [7, 11) is 1.83. The van der Waals surface area contributed by atoms with Gasteiger partial charge in [0.2, 0.25) is 0 Å². The van der Waals surface area contributed by atoms with E-state index in [1.54, 1.807) is 0 Å². The number of hydrogen-bond acceptors (Lipinski definition) is 4. The molecule has 1 spiro atoms. The molecule has 0 aromatic rings. The minimum absolute atomic E-state index is 0.0197. The van der Waals surface area contributed by atoms with E-state index in [-0.39, 0.29) is 34.1 Å². The molecule has 4 aliphatic carbocycles. The lowest BCUT2D eigenvalue weighted by molar-refractivity contribution is -0.225. The molecule has 2 bridgehead atoms. The fourth-order valence-corrected chi connectivity index (χ4v) is 10.2. The topological polar surface area (TPSA) is 58.9 Å². The van der Waals surface area contributed by atoms with Crippen molar-refractivity contribution in [1.29, 1.82) is 0 Å². The van der Waals surface area contributed by atoms with Gasteiger partial charge in [0.25, 0.3) is 0 Å². The zero-order chi connectivity index (χ0) is 25.7. The fourth-order valence-electron chi connectivity index (χ4n) is 10.2. The van der Waals surface area contributed by atoms with E-state index in [1.807, 2.05) is 27.0 Å². The Morgan fingerprint density at radius 2 is 1.80 bits per heavy atom. The number of hydrogen-bond donors (Lipinski definition) is 2. The molecule has 0 radical (unpaired) electrons. The molecule has 0 amide bonds. The van der Waals surface area contributed by atoms with Crippen LogP contribution in [-0.2, 0) is 9.47 Å². The maximum Gasteiger partial charge on any atom is 0.164 e. The third-order valence-corrected chi connectivity index (χ3v) is 12.4. The Labute approximate surface area is 213 Å². The number of rotatable bonds is 5. The molecule has 0 aromatic heterocycles. The number of fused-ring (bicyclic) bond motifs is 2. The van der Waals surface area contributed by atoms with E-state index in [4.69, 9.17) is 9.47 Å². The average Bonchev–Trinajstić information content (AvgIpc) is 3.14. The third kappa shape index (κ3) is 3.18. The number of aliphatic hydroxyl groups is 2. The summed E-state index contributed by atoms with van der Waals surface area (Å²) < 4.78 is 13.2. The molecular weight excluding hydrogens is 436 g/mol. The monoisotopic (exact) mass is 486 g/mol. The molecule has 1 aliphatic heterocycles. The molecule has 4 heteroatoms. The predicted molar refractivity (Wildman–Crippen MR) is 140 cm³/mol. The smallest absolute Gasteiger partial charge is 0.164 e. The lowest BCUT2D eigenvalue weighted by Crippen LogP contribution is -2.65. The van der Waals surface area contributed by atoms with Crippen LogP contribution in [0.2, 0.25) is 0 Å². The molecule has 2 N–H and O–H groups in total. The molecule has 1 saturated heterocycles. The molecule has 4 fully saturated rings. The van der Waals surface area contributed by atoms with Gasteiger partial charge in [0.05, 0.1) is 11.7 Å². The second-order valence-electron chi connectivity index (χ2n) is 14.5. The summed E-state index contributed by atoms with van der Waals surface area (Å²) in [5.41, 5.74) is -1.09. The Morgan fingerprint density at radius 1 is 1.09 bits per heavy atom. The van der Waals surface area contributed by atoms with E-state index in [0.29, 0.717) is 23.7 Å². The maximum atomic E-state index is 11.0. The molecule has 1 heterocycles. The number of aliphatic hydroxyl groups excluding tert-OH is 1. The molecule has 198 valence electrons. The van der Waals surface area contributed by atoms with E-state index in [1.165, 1.54) is 19.3 Å². The second-order valence-corrected chi connectivity index (χ2v) is 14.5. The van der Waals surface area contributed by atoms with Crippen molar-refractivity contribution in [3.8, 4) is 0 Å². The Balaban J connectivity index is 1.52. The summed E-state index contributed by atoms with van der Waals surface area (Å²) in [5.74, 6) is 2.07. The van der Waals surface area contributed by atoms with Gasteiger partial charge in [-0.05, 0) is 87.4 Å². The van der Waals surface area contributed by atoms with Crippen molar-refractivity contribution in [3.63, 3.8) is 0 Å². The van der Waals surface area contributed by atoms with Gasteiger partial charge in [-0.25, -0.2) is 0 Å². The minimum atomic E-state index is -0.747. The van der Waals surface area contributed by atoms with E-state index < -0.39 is 11.2 Å². The van der Waals surface area contributed by atoms with Gasteiger partial charge in [-0.2, -0.15) is 0 Å². The van der Waals surface area contributed by atoms with Gasteiger partial charge in [-0.1, -0.05) is 58.9 Å². The lowest BCUT2D eigenvalue weighted by Gasteiger charge is -2.65. The summed E-state index contributed by atoms with van der Waals surface area (Å²) in [6.07, 6.45) is 16.2. The summed E-state index contributed by atoms with van der Waals surface area (Å²) in [6, 6.07) is 0. The van der Waals surface area contributed by atoms with Crippen LogP contribution < -0.4 is 0 Å². The first-order chi connectivity index (χ1) is 16.2. The SMILES string of the molecule is CO[C@@H]1OC23C=C[C@@H]4[C@@]1(CC[C@]1(C)[C@@H]([C@H](C)C/C=C/C(C)(C)O)CC[C@@]41C)[C@@H]2CC[C@H](O)C3(C)C. The summed E-state index contributed by atoms with van der Waals surface area (Å²) in [6.45, 7) is 15.7. The van der Waals surface area contributed by atoms with Crippen LogP contribution in [0.5, 0.6) is 0 Å². The Bertz CT molecular complexity index is 900. The molecule has 4 nitrogen and oxygen atoms in total. The van der Waals surface area contributed by atoms with Gasteiger partial charge in [0.15, 0.2) is 6.29 Å². The summed E-state index contributed by atoms with van der Waals surface area (Å²) >= 11 is 0. The lowest BCUT2D eigenvalue weighted by atomic mass is 9.38. The van der Waals surface area contributed by atoms with Crippen molar-refractivity contribution < 1.29 is 19.7 Å². The van der Waals surface area contributed by atoms with Crippen molar-refractivity contribution in [3.05, 3.63) is 24.3 Å². The maximum absolute atomic E-state index is 11.0. The van der Waals surface area contributed by atoms with Crippen LogP contribution in [0.1, 0.15) is 93.4 Å². The zero-order valence-electron chi connectivity index (χ0n) is 23.4. The van der Waals surface area contributed by atoms with Crippen molar-refractivity contribution in [2.45, 2.75) is 117 Å². The van der Waals surface area contributed by atoms with Crippen LogP contribution in [0, 0.1) is 45.3 Å². The molecule has 1 unspecified atom stereocenters. The van der Waals surface area contributed by atoms with Crippen LogP contribution in [0.4, 0.5) is 0 Å². The van der Waals surface area contributed by atoms with Gasteiger partial charge in [-0.15, -0.1) is 0 Å². The Kier molecular flexibility index (Phi) is 5.87. The first kappa shape index (κ1) is 25.9. The van der Waals surface area contributed by atoms with Crippen molar-refractivity contribution in [1.82, 2.24) is 0 Å². The Hall–Kier alpha value is -0.680. The molecule has 0 aromatic carbocycles. The van der Waals surface area contributed by atoms with E-state index in [0.717, 1.165) is 25.7 Å². The van der Waals surface area contributed by atoms with Gasteiger partial charge < -0.3 is 19.7 Å². The van der Waals surface area contributed by atoms with Crippen LogP contribution >= 0.6 is 0 Å². The zero-order valence-corrected chi connectivity index (χ0v) is 23.4. The van der Waals surface area contributed by atoms with Gasteiger partial charge in [0, 0.05) is 23.9 Å². The second kappa shape index (κ2) is 7.91. The molecule has 5 rings (SSSR count). The van der Waals surface area contributed by atoms with Crippen molar-refractivity contribution in [2.75, 3.05) is 7.11 Å². The Morgan fingerprint density at radius 3 is 2.46 bits per heavy atom. The number of allylic oxidation sites excluding steroid dienone is 2. The minimum Gasteiger partial charge on any atom is -0.392 e. The largest absolute Gasteiger partial charge is 0.392 e. The molecule has 35 heavy (non-hydrogen) atoms. The summed E-state index contributed by atoms with van der Waals surface area (Å²) in [5, 5.41) is 21.2. The highest BCUT2D eigenvalue weighted by Crippen LogP contribution is 2.78. The highest BCUT2D eigenvalue weighted by atomic mass is 16.7. The normalized spacial score (nSPS) is 51.2. The quantitative estimate of drug-likeness (QED) is 0.450. The van der Waals surface area contributed by atoms with Gasteiger partial charge >= 0.3 is 0 Å². The van der Waals surface area contributed by atoms with Crippen LogP contribution in [0.25, 0.3) is 0 Å². The first-order valence-electron chi connectivity index (χ1n) is 14.2. The van der Waals surface area contributed by atoms with E-state index in [2.05, 4.69) is 52.8 Å². The standard InChI is InChI=1S/C31H50O4/c1-20(10-9-15-26(2,3)33)21-13-16-29(7)22-14-17-31-23(11-12-24(32)27(31,4)5)30(22,25(34-8)35-31)19-18-28(21,29)6/h9,14-15,17,20-25,32-33H,10-13,16,18-19H2,1-8H3/b15-9+/t20-,21-,22+,23+,24+,25-,28-,29+,30+,31?/m1/s1. The first-order valence-corrected chi connectivity index (χ1v) is 14.2. The van der Waals surface area contributed by atoms with Crippen molar-refractivity contribution in [2.24, 2.45) is 45.3 Å². The van der Waals surface area contributed by atoms with Crippen LogP contribution in [-0.4, -0.2) is 40.9 Å². The molecule has 3 saturated carbocycles. The fraction of sp³-hybridized carbons (Fsp3) is 0.871. The molecule has 5 aliphatic rings. The third-order valence-electron chi connectivity index (χ3n) is 12.4. The van der Waals surface area contributed by atoms with Gasteiger partial charge in [-0.3, -0.25) is 0 Å². The molecular formula is C31H50O4. The average molecular weight is 487 g/mol. The number of methoxy groups -OCH3 is 1. The summed E-state index contributed by atoms with van der Waals surface area (Å²) in [4.78, 5) is 0. The van der Waals surface area contributed by atoms with E-state index >= 15 is 0 Å². The van der Waals surface area contributed by atoms with Crippen LogP contribution in [0.3, 0.4) is 0 Å². The molecule has 10 atom stereocenters. The van der Waals surface area contributed by atoms with Gasteiger partial charge in [0.1, 0.15) is 5.60 Å². The predicted octanol–water partition coefficient (Wildman–Crippen LogP) is 6.27. The van der Waals surface area contributed by atoms with Crippen molar-refractivity contribution >= 4 is 0 Å². The van der Waals surface area contributed by atoms with Crippen LogP contribution in [0.15, 0.2) is 24.3 Å². The highest BCUT2D eigenvalue weighted by molar-refractivity contribution is 5.34. The van der Waals surface area contributed by atoms with E-state index in [9.17, 15) is 10.2 Å². The number of ether oxygens (including phenoxy) is 2. The highest BCUT2D eigenvalue weighted by Gasteiger charge is 2.78.